The van der Waals surface area contributed by atoms with Crippen molar-refractivity contribution in [1.29, 1.82) is 0 Å². The largest absolute Gasteiger partial charge is 0.350 e. The van der Waals surface area contributed by atoms with Gasteiger partial charge in [-0.15, -0.1) is 0 Å². The molecule has 2 aliphatic rings. The van der Waals surface area contributed by atoms with Crippen molar-refractivity contribution in [1.82, 2.24) is 16.2 Å². The first kappa shape index (κ1) is 13.9. The number of halogens is 1. The molecule has 3 N–H and O–H groups in total. The summed E-state index contributed by atoms with van der Waals surface area (Å²) in [4.78, 5) is 12.1. The average molecular weight is 294 g/mol. The molecule has 5 heteroatoms. The Morgan fingerprint density at radius 1 is 1.20 bits per heavy atom. The van der Waals surface area contributed by atoms with Crippen LogP contribution in [0.25, 0.3) is 0 Å². The molecule has 1 saturated carbocycles. The molecular weight excluding hydrogens is 274 g/mol. The van der Waals surface area contributed by atoms with Crippen molar-refractivity contribution in [2.24, 2.45) is 5.92 Å². The van der Waals surface area contributed by atoms with Gasteiger partial charge in [-0.25, -0.2) is 0 Å². The number of hydrazine groups is 1. The van der Waals surface area contributed by atoms with Gasteiger partial charge in [-0.2, -0.15) is 0 Å². The summed E-state index contributed by atoms with van der Waals surface area (Å²) < 4.78 is 0. The Bertz CT molecular complexity index is 477. The molecule has 3 unspecified atom stereocenters. The summed E-state index contributed by atoms with van der Waals surface area (Å²) in [6.07, 6.45) is 5.08. The smallest absolute Gasteiger partial charge is 0.251 e. The molecular formula is C15H20ClN3O. The van der Waals surface area contributed by atoms with Gasteiger partial charge in [-0.05, 0) is 43.0 Å². The van der Waals surface area contributed by atoms with E-state index in [9.17, 15) is 4.79 Å². The second-order valence-corrected chi connectivity index (χ2v) is 6.10. The summed E-state index contributed by atoms with van der Waals surface area (Å²) >= 11 is 5.82. The zero-order valence-electron chi connectivity index (χ0n) is 11.4. The highest BCUT2D eigenvalue weighted by molar-refractivity contribution is 6.30. The quantitative estimate of drug-likeness (QED) is 0.800. The summed E-state index contributed by atoms with van der Waals surface area (Å²) in [5.74, 6) is 0.594. The van der Waals surface area contributed by atoms with E-state index >= 15 is 0 Å². The average Bonchev–Trinajstić information content (AvgIpc) is 2.89. The highest BCUT2D eigenvalue weighted by Gasteiger charge is 2.36. The van der Waals surface area contributed by atoms with Crippen LogP contribution in [-0.4, -0.2) is 24.5 Å². The van der Waals surface area contributed by atoms with Crippen molar-refractivity contribution in [3.05, 3.63) is 34.9 Å². The highest BCUT2D eigenvalue weighted by atomic mass is 35.5. The van der Waals surface area contributed by atoms with Gasteiger partial charge in [-0.3, -0.25) is 15.6 Å². The number of carbonyl (C=O) groups is 1. The minimum atomic E-state index is -0.0391. The molecule has 3 atom stereocenters. The molecule has 0 spiro atoms. The summed E-state index contributed by atoms with van der Waals surface area (Å²) in [5.41, 5.74) is 7.34. The Hall–Kier alpha value is -1.10. The summed E-state index contributed by atoms with van der Waals surface area (Å²) in [6.45, 7) is 0.662. The third-order valence-corrected chi connectivity index (χ3v) is 4.63. The molecule has 1 heterocycles. The predicted molar refractivity (Wildman–Crippen MR) is 79.6 cm³/mol. The summed E-state index contributed by atoms with van der Waals surface area (Å²) in [6, 6.07) is 7.88. The lowest BCUT2D eigenvalue weighted by Crippen LogP contribution is -2.42. The Balaban J connectivity index is 1.54. The van der Waals surface area contributed by atoms with E-state index in [1.165, 1.54) is 25.7 Å². The molecule has 1 aliphatic carbocycles. The van der Waals surface area contributed by atoms with Gasteiger partial charge in [0.15, 0.2) is 0 Å². The van der Waals surface area contributed by atoms with Crippen LogP contribution in [0.1, 0.15) is 36.0 Å². The van der Waals surface area contributed by atoms with Crippen LogP contribution in [0.15, 0.2) is 24.3 Å². The van der Waals surface area contributed by atoms with Crippen LogP contribution < -0.4 is 16.2 Å². The predicted octanol–water partition coefficient (Wildman–Crippen LogP) is 2.10. The lowest BCUT2D eigenvalue weighted by Gasteiger charge is -2.27. The van der Waals surface area contributed by atoms with Crippen LogP contribution >= 0.6 is 11.6 Å². The number of benzene rings is 1. The SMILES string of the molecule is O=C(NCC1NNC2CCCCC21)c1ccc(Cl)cc1. The third kappa shape index (κ3) is 2.97. The van der Waals surface area contributed by atoms with Gasteiger partial charge in [0.2, 0.25) is 0 Å². The number of amides is 1. The number of carbonyl (C=O) groups excluding carboxylic acids is 1. The van der Waals surface area contributed by atoms with E-state index in [0.29, 0.717) is 35.1 Å². The monoisotopic (exact) mass is 293 g/mol. The van der Waals surface area contributed by atoms with Gasteiger partial charge in [0.25, 0.3) is 5.91 Å². The van der Waals surface area contributed by atoms with Gasteiger partial charge in [-0.1, -0.05) is 24.4 Å². The number of hydrogen-bond donors (Lipinski definition) is 3. The van der Waals surface area contributed by atoms with Gasteiger partial charge >= 0.3 is 0 Å². The maximum absolute atomic E-state index is 12.1. The van der Waals surface area contributed by atoms with Crippen molar-refractivity contribution < 1.29 is 4.79 Å². The number of hydrogen-bond acceptors (Lipinski definition) is 3. The van der Waals surface area contributed by atoms with E-state index in [1.54, 1.807) is 24.3 Å². The second kappa shape index (κ2) is 6.12. The van der Waals surface area contributed by atoms with Crippen molar-refractivity contribution in [3.8, 4) is 0 Å². The first-order valence-corrected chi connectivity index (χ1v) is 7.66. The molecule has 0 radical (unpaired) electrons. The molecule has 1 aliphatic heterocycles. The molecule has 1 aromatic rings. The number of rotatable bonds is 3. The maximum atomic E-state index is 12.1. The van der Waals surface area contributed by atoms with Crippen molar-refractivity contribution in [2.75, 3.05) is 6.54 Å². The molecule has 4 nitrogen and oxygen atoms in total. The minimum Gasteiger partial charge on any atom is -0.350 e. The van der Waals surface area contributed by atoms with Crippen molar-refractivity contribution in [3.63, 3.8) is 0 Å². The minimum absolute atomic E-state index is 0.0391. The van der Waals surface area contributed by atoms with E-state index in [1.807, 2.05) is 0 Å². The van der Waals surface area contributed by atoms with Crippen LogP contribution in [0.5, 0.6) is 0 Å². The zero-order chi connectivity index (χ0) is 13.9. The first-order chi connectivity index (χ1) is 9.74. The Morgan fingerprint density at radius 2 is 1.95 bits per heavy atom. The maximum Gasteiger partial charge on any atom is 0.251 e. The van der Waals surface area contributed by atoms with Crippen LogP contribution in [0.4, 0.5) is 0 Å². The molecule has 1 aromatic carbocycles. The zero-order valence-corrected chi connectivity index (χ0v) is 12.1. The fourth-order valence-electron chi connectivity index (χ4n) is 3.25. The third-order valence-electron chi connectivity index (χ3n) is 4.38. The van der Waals surface area contributed by atoms with E-state index in [0.717, 1.165) is 0 Å². The van der Waals surface area contributed by atoms with Crippen LogP contribution in [0, 0.1) is 5.92 Å². The van der Waals surface area contributed by atoms with Crippen molar-refractivity contribution >= 4 is 17.5 Å². The molecule has 1 saturated heterocycles. The fraction of sp³-hybridized carbons (Fsp3) is 0.533. The second-order valence-electron chi connectivity index (χ2n) is 5.67. The lowest BCUT2D eigenvalue weighted by atomic mass is 9.82. The summed E-state index contributed by atoms with van der Waals surface area (Å²) in [7, 11) is 0. The Morgan fingerprint density at radius 3 is 2.75 bits per heavy atom. The van der Waals surface area contributed by atoms with Gasteiger partial charge in [0.1, 0.15) is 0 Å². The van der Waals surface area contributed by atoms with E-state index in [-0.39, 0.29) is 5.91 Å². The molecule has 0 aromatic heterocycles. The Kier molecular flexibility index (Phi) is 4.24. The first-order valence-electron chi connectivity index (χ1n) is 7.29. The van der Waals surface area contributed by atoms with E-state index < -0.39 is 0 Å². The molecule has 2 fully saturated rings. The topological polar surface area (TPSA) is 53.2 Å². The standard InChI is InChI=1S/C15H20ClN3O/c16-11-7-5-10(6-8-11)15(20)17-9-14-12-3-1-2-4-13(12)18-19-14/h5-8,12-14,18-19H,1-4,9H2,(H,17,20). The lowest BCUT2D eigenvalue weighted by molar-refractivity contribution is 0.0947. The van der Waals surface area contributed by atoms with Crippen LogP contribution in [-0.2, 0) is 0 Å². The normalized spacial score (nSPS) is 28.9. The van der Waals surface area contributed by atoms with Gasteiger partial charge in [0, 0.05) is 29.2 Å². The van der Waals surface area contributed by atoms with Crippen LogP contribution in [0.3, 0.4) is 0 Å². The fourth-order valence-corrected chi connectivity index (χ4v) is 3.38. The Labute approximate surface area is 124 Å². The van der Waals surface area contributed by atoms with E-state index in [4.69, 9.17) is 11.6 Å². The van der Waals surface area contributed by atoms with E-state index in [2.05, 4.69) is 16.2 Å². The molecule has 1 amide bonds. The van der Waals surface area contributed by atoms with Gasteiger partial charge in [0.05, 0.1) is 0 Å². The molecule has 0 bridgehead atoms. The van der Waals surface area contributed by atoms with Gasteiger partial charge < -0.3 is 5.32 Å². The molecule has 20 heavy (non-hydrogen) atoms. The van der Waals surface area contributed by atoms with Crippen molar-refractivity contribution in [2.45, 2.75) is 37.8 Å². The molecule has 3 rings (SSSR count). The molecule has 108 valence electrons. The summed E-state index contributed by atoms with van der Waals surface area (Å²) in [5, 5.41) is 3.66. The van der Waals surface area contributed by atoms with Crippen LogP contribution in [0.2, 0.25) is 5.02 Å². The highest BCUT2D eigenvalue weighted by Crippen LogP contribution is 2.29. The number of fused-ring (bicyclic) bond motifs is 1. The number of nitrogens with one attached hydrogen (secondary N) is 3.